The van der Waals surface area contributed by atoms with Crippen LogP contribution in [0.5, 0.6) is 0 Å². The van der Waals surface area contributed by atoms with Gasteiger partial charge in [-0.15, -0.1) is 0 Å². The normalized spacial score (nSPS) is 23.1. The molecule has 20 heavy (non-hydrogen) atoms. The molecule has 0 spiro atoms. The van der Waals surface area contributed by atoms with Crippen molar-refractivity contribution >= 4 is 5.82 Å². The number of hydrogen-bond acceptors (Lipinski definition) is 4. The monoisotopic (exact) mass is 287 g/mol. The van der Waals surface area contributed by atoms with E-state index in [1.54, 1.807) is 6.20 Å². The van der Waals surface area contributed by atoms with Crippen molar-refractivity contribution in [1.29, 1.82) is 0 Å². The fourth-order valence-electron chi connectivity index (χ4n) is 2.37. The van der Waals surface area contributed by atoms with Crippen molar-refractivity contribution in [3.63, 3.8) is 0 Å². The van der Waals surface area contributed by atoms with Gasteiger partial charge in [0.1, 0.15) is 5.60 Å². The van der Waals surface area contributed by atoms with Crippen LogP contribution in [-0.4, -0.2) is 39.8 Å². The first kappa shape index (κ1) is 14.9. The van der Waals surface area contributed by atoms with Crippen molar-refractivity contribution in [1.82, 2.24) is 9.55 Å². The molecule has 0 aliphatic carbocycles. The van der Waals surface area contributed by atoms with Gasteiger partial charge >= 0.3 is 0 Å². The Bertz CT molecular complexity index is 533. The fraction of sp³-hybridized carbons (Fsp3) is 0.692. The standard InChI is InChI=1S/C13H19F2N3O2/c1-9(2)7-17-6-4-16-10(11(17)19)18-5-3-13(20,8-18)12(14)15/h4,6,9,12,20H,3,5,7-8H2,1-2H3. The van der Waals surface area contributed by atoms with Crippen LogP contribution in [0.1, 0.15) is 20.3 Å². The molecule has 0 saturated carbocycles. The minimum absolute atomic E-state index is 0.0646. The highest BCUT2D eigenvalue weighted by Gasteiger charge is 2.45. The Hall–Kier alpha value is -1.50. The van der Waals surface area contributed by atoms with Crippen molar-refractivity contribution in [2.24, 2.45) is 5.92 Å². The van der Waals surface area contributed by atoms with E-state index in [9.17, 15) is 18.7 Å². The van der Waals surface area contributed by atoms with Crippen molar-refractivity contribution in [2.45, 2.75) is 38.8 Å². The van der Waals surface area contributed by atoms with Crippen LogP contribution < -0.4 is 10.5 Å². The topological polar surface area (TPSA) is 58.4 Å². The van der Waals surface area contributed by atoms with Gasteiger partial charge in [0.2, 0.25) is 0 Å². The molecule has 1 atom stereocenters. The molecule has 1 aliphatic rings. The molecule has 112 valence electrons. The van der Waals surface area contributed by atoms with Gasteiger partial charge in [-0.05, 0) is 5.92 Å². The molecular weight excluding hydrogens is 268 g/mol. The number of aromatic nitrogens is 2. The lowest BCUT2D eigenvalue weighted by molar-refractivity contribution is -0.0800. The Labute approximate surface area is 115 Å². The molecule has 1 N–H and O–H groups in total. The lowest BCUT2D eigenvalue weighted by Gasteiger charge is -2.22. The third kappa shape index (κ3) is 2.82. The molecule has 0 radical (unpaired) electrons. The second-order valence-electron chi connectivity index (χ2n) is 5.68. The van der Waals surface area contributed by atoms with Crippen LogP contribution in [0.4, 0.5) is 14.6 Å². The molecule has 1 saturated heterocycles. The Morgan fingerprint density at radius 2 is 2.20 bits per heavy atom. The number of nitrogens with zero attached hydrogens (tertiary/aromatic N) is 3. The maximum atomic E-state index is 12.8. The van der Waals surface area contributed by atoms with E-state index in [-0.39, 0.29) is 30.9 Å². The van der Waals surface area contributed by atoms with Crippen LogP contribution in [0.2, 0.25) is 0 Å². The van der Waals surface area contributed by atoms with Gasteiger partial charge in [0, 0.05) is 31.9 Å². The maximum Gasteiger partial charge on any atom is 0.293 e. The lowest BCUT2D eigenvalue weighted by Crippen LogP contribution is -2.41. The van der Waals surface area contributed by atoms with Crippen LogP contribution in [0.3, 0.4) is 0 Å². The summed E-state index contributed by atoms with van der Waals surface area (Å²) in [7, 11) is 0. The highest BCUT2D eigenvalue weighted by Crippen LogP contribution is 2.29. The van der Waals surface area contributed by atoms with E-state index in [0.717, 1.165) is 0 Å². The van der Waals surface area contributed by atoms with Crippen molar-refractivity contribution in [3.05, 3.63) is 22.7 Å². The summed E-state index contributed by atoms with van der Waals surface area (Å²) in [6.07, 6.45) is 0.180. The first-order chi connectivity index (χ1) is 9.33. The van der Waals surface area contributed by atoms with Crippen molar-refractivity contribution in [3.8, 4) is 0 Å². The highest BCUT2D eigenvalue weighted by molar-refractivity contribution is 5.38. The minimum atomic E-state index is -2.82. The van der Waals surface area contributed by atoms with Crippen LogP contribution in [0.15, 0.2) is 17.2 Å². The Morgan fingerprint density at radius 1 is 1.50 bits per heavy atom. The Morgan fingerprint density at radius 3 is 2.75 bits per heavy atom. The molecule has 2 heterocycles. The number of alkyl halides is 2. The number of halogens is 2. The Balaban J connectivity index is 2.25. The molecular formula is C13H19F2N3O2. The number of rotatable bonds is 4. The van der Waals surface area contributed by atoms with E-state index in [0.29, 0.717) is 12.5 Å². The molecule has 1 aromatic heterocycles. The quantitative estimate of drug-likeness (QED) is 0.901. The molecule has 0 bridgehead atoms. The summed E-state index contributed by atoms with van der Waals surface area (Å²) in [5.74, 6) is 0.421. The summed E-state index contributed by atoms with van der Waals surface area (Å²) < 4.78 is 27.1. The number of anilines is 1. The van der Waals surface area contributed by atoms with Gasteiger partial charge in [0.15, 0.2) is 5.82 Å². The smallest absolute Gasteiger partial charge is 0.293 e. The summed E-state index contributed by atoms with van der Waals surface area (Å²) in [6, 6.07) is 0. The summed E-state index contributed by atoms with van der Waals surface area (Å²) in [5.41, 5.74) is -2.35. The Kier molecular flexibility index (Phi) is 4.08. The van der Waals surface area contributed by atoms with Gasteiger partial charge in [-0.25, -0.2) is 13.8 Å². The van der Waals surface area contributed by atoms with Gasteiger partial charge in [-0.3, -0.25) is 4.79 Å². The summed E-state index contributed by atoms with van der Waals surface area (Å²) in [4.78, 5) is 17.7. The molecule has 5 nitrogen and oxygen atoms in total. The highest BCUT2D eigenvalue weighted by atomic mass is 19.3. The van der Waals surface area contributed by atoms with Gasteiger partial charge in [0.05, 0.1) is 6.54 Å². The molecule has 2 rings (SSSR count). The third-order valence-corrected chi connectivity index (χ3v) is 3.44. The molecule has 1 unspecified atom stereocenters. The SMILES string of the molecule is CC(C)Cn1ccnc(N2CCC(O)(C(F)F)C2)c1=O. The van der Waals surface area contributed by atoms with E-state index in [1.165, 1.54) is 15.7 Å². The van der Waals surface area contributed by atoms with Gasteiger partial charge in [-0.2, -0.15) is 0 Å². The molecule has 1 aromatic rings. The van der Waals surface area contributed by atoms with Gasteiger partial charge in [0.25, 0.3) is 12.0 Å². The van der Waals surface area contributed by atoms with Gasteiger partial charge < -0.3 is 14.6 Å². The molecule has 7 heteroatoms. The molecule has 1 aliphatic heterocycles. The summed E-state index contributed by atoms with van der Waals surface area (Å²) in [5, 5.41) is 9.78. The number of hydrogen-bond donors (Lipinski definition) is 1. The zero-order chi connectivity index (χ0) is 14.9. The number of aliphatic hydroxyl groups is 1. The predicted molar refractivity (Wildman–Crippen MR) is 71.1 cm³/mol. The lowest BCUT2D eigenvalue weighted by atomic mass is 10.1. The zero-order valence-corrected chi connectivity index (χ0v) is 11.6. The summed E-state index contributed by atoms with van der Waals surface area (Å²) >= 11 is 0. The van der Waals surface area contributed by atoms with E-state index in [2.05, 4.69) is 4.98 Å². The van der Waals surface area contributed by atoms with Crippen molar-refractivity contribution < 1.29 is 13.9 Å². The average molecular weight is 287 g/mol. The molecule has 1 fully saturated rings. The largest absolute Gasteiger partial charge is 0.382 e. The first-order valence-corrected chi connectivity index (χ1v) is 6.64. The summed E-state index contributed by atoms with van der Waals surface area (Å²) in [6.45, 7) is 4.45. The third-order valence-electron chi connectivity index (χ3n) is 3.44. The zero-order valence-electron chi connectivity index (χ0n) is 11.6. The fourth-order valence-corrected chi connectivity index (χ4v) is 2.37. The van der Waals surface area contributed by atoms with E-state index in [4.69, 9.17) is 0 Å². The van der Waals surface area contributed by atoms with Gasteiger partial charge in [-0.1, -0.05) is 13.8 Å². The van der Waals surface area contributed by atoms with E-state index < -0.39 is 12.0 Å². The van der Waals surface area contributed by atoms with Crippen LogP contribution in [0.25, 0.3) is 0 Å². The average Bonchev–Trinajstić information content (AvgIpc) is 2.75. The number of β-amino-alcohol motifs (C(OH)–C–C–N with tert-alkyl or cyclic N) is 1. The predicted octanol–water partition coefficient (Wildman–Crippen LogP) is 1.11. The van der Waals surface area contributed by atoms with E-state index in [1.807, 2.05) is 13.8 Å². The van der Waals surface area contributed by atoms with Crippen LogP contribution in [-0.2, 0) is 6.54 Å². The first-order valence-electron chi connectivity index (χ1n) is 6.64. The van der Waals surface area contributed by atoms with Crippen LogP contribution in [0, 0.1) is 5.92 Å². The van der Waals surface area contributed by atoms with Crippen LogP contribution >= 0.6 is 0 Å². The molecule has 0 amide bonds. The second-order valence-corrected chi connectivity index (χ2v) is 5.68. The molecule has 0 aromatic carbocycles. The van der Waals surface area contributed by atoms with E-state index >= 15 is 0 Å². The second kappa shape index (κ2) is 5.47. The maximum absolute atomic E-state index is 12.8. The van der Waals surface area contributed by atoms with Crippen molar-refractivity contribution in [2.75, 3.05) is 18.0 Å². The minimum Gasteiger partial charge on any atom is -0.382 e.